The zero-order valence-electron chi connectivity index (χ0n) is 15.0. The summed E-state index contributed by atoms with van der Waals surface area (Å²) in [5.41, 5.74) is 0.663. The Balaban J connectivity index is 1.34. The molecule has 4 heterocycles. The first-order valence-electron chi connectivity index (χ1n) is 9.40. The van der Waals surface area contributed by atoms with E-state index in [2.05, 4.69) is 14.5 Å². The number of carbonyl (C=O) groups excluding carboxylic acids is 1. The molecule has 140 valence electrons. The summed E-state index contributed by atoms with van der Waals surface area (Å²) >= 11 is 0. The third kappa shape index (κ3) is 4.16. The van der Waals surface area contributed by atoms with Crippen molar-refractivity contribution in [1.82, 2.24) is 19.4 Å². The van der Waals surface area contributed by atoms with Crippen LogP contribution in [-0.4, -0.2) is 64.7 Å². The molecule has 0 N–H and O–H groups in total. The summed E-state index contributed by atoms with van der Waals surface area (Å²) in [7, 11) is 0. The van der Waals surface area contributed by atoms with Gasteiger partial charge in [-0.2, -0.15) is 0 Å². The number of likely N-dealkylation sites (tertiary alicyclic amines) is 1. The standard InChI is InChI=1S/C19H26N4O3/c24-19(17-10-18(26-14-17)13-21-6-8-25-9-7-21)23-4-1-2-16(12-23)11-22-5-3-20-15-22/h3,5,10,14-16H,1-2,4,6-9,11-13H2. The zero-order chi connectivity index (χ0) is 17.8. The minimum absolute atomic E-state index is 0.0808. The topological polar surface area (TPSA) is 63.7 Å². The number of ether oxygens (including phenoxy) is 1. The Morgan fingerprint density at radius 2 is 2.15 bits per heavy atom. The summed E-state index contributed by atoms with van der Waals surface area (Å²) in [4.78, 5) is 21.2. The zero-order valence-corrected chi connectivity index (χ0v) is 15.0. The number of hydrogen-bond donors (Lipinski definition) is 0. The van der Waals surface area contributed by atoms with E-state index in [1.165, 1.54) is 0 Å². The van der Waals surface area contributed by atoms with Crippen LogP contribution < -0.4 is 0 Å². The van der Waals surface area contributed by atoms with Crippen molar-refractivity contribution >= 4 is 5.91 Å². The lowest BCUT2D eigenvalue weighted by atomic mass is 9.97. The van der Waals surface area contributed by atoms with Crippen LogP contribution in [0.5, 0.6) is 0 Å². The predicted octanol–water partition coefficient (Wildman–Crippen LogP) is 1.86. The molecule has 0 aliphatic carbocycles. The summed E-state index contributed by atoms with van der Waals surface area (Å²) in [5.74, 6) is 1.40. The van der Waals surface area contributed by atoms with Gasteiger partial charge in [0.15, 0.2) is 0 Å². The minimum atomic E-state index is 0.0808. The van der Waals surface area contributed by atoms with E-state index in [1.807, 2.05) is 23.5 Å². The number of furan rings is 1. The molecule has 7 heteroatoms. The van der Waals surface area contributed by atoms with E-state index in [-0.39, 0.29) is 5.91 Å². The second-order valence-corrected chi connectivity index (χ2v) is 7.21. The molecule has 0 spiro atoms. The van der Waals surface area contributed by atoms with Crippen molar-refractivity contribution in [2.75, 3.05) is 39.4 Å². The molecular weight excluding hydrogens is 332 g/mol. The van der Waals surface area contributed by atoms with Gasteiger partial charge in [-0.25, -0.2) is 4.98 Å². The van der Waals surface area contributed by atoms with Crippen molar-refractivity contribution in [3.05, 3.63) is 42.4 Å². The number of hydrogen-bond acceptors (Lipinski definition) is 5. The molecule has 0 aromatic carbocycles. The highest BCUT2D eigenvalue weighted by molar-refractivity contribution is 5.94. The highest BCUT2D eigenvalue weighted by Crippen LogP contribution is 2.21. The van der Waals surface area contributed by atoms with Crippen LogP contribution in [-0.2, 0) is 17.8 Å². The number of nitrogens with zero attached hydrogens (tertiary/aromatic N) is 4. The van der Waals surface area contributed by atoms with Crippen LogP contribution in [0.25, 0.3) is 0 Å². The highest BCUT2D eigenvalue weighted by Gasteiger charge is 2.26. The average Bonchev–Trinajstić information content (AvgIpc) is 3.34. The number of imidazole rings is 1. The number of rotatable bonds is 5. The Labute approximate surface area is 153 Å². The third-order valence-corrected chi connectivity index (χ3v) is 5.22. The summed E-state index contributed by atoms with van der Waals surface area (Å²) in [5, 5.41) is 0. The molecule has 4 rings (SSSR count). The molecule has 2 aromatic rings. The van der Waals surface area contributed by atoms with Gasteiger partial charge in [-0.3, -0.25) is 9.69 Å². The van der Waals surface area contributed by atoms with E-state index in [9.17, 15) is 4.79 Å². The van der Waals surface area contributed by atoms with Crippen LogP contribution in [0, 0.1) is 5.92 Å². The maximum absolute atomic E-state index is 12.9. The molecule has 7 nitrogen and oxygen atoms in total. The van der Waals surface area contributed by atoms with Gasteiger partial charge in [0.2, 0.25) is 0 Å². The lowest BCUT2D eigenvalue weighted by Crippen LogP contribution is -2.40. The van der Waals surface area contributed by atoms with E-state index in [4.69, 9.17) is 9.15 Å². The van der Waals surface area contributed by atoms with Gasteiger partial charge in [-0.1, -0.05) is 0 Å². The first kappa shape index (κ1) is 17.3. The van der Waals surface area contributed by atoms with Gasteiger partial charge >= 0.3 is 0 Å². The number of carbonyl (C=O) groups is 1. The molecule has 1 unspecified atom stereocenters. The van der Waals surface area contributed by atoms with Gasteiger partial charge in [0, 0.05) is 45.1 Å². The van der Waals surface area contributed by atoms with E-state index < -0.39 is 0 Å². The van der Waals surface area contributed by atoms with Crippen LogP contribution >= 0.6 is 0 Å². The first-order chi connectivity index (χ1) is 12.8. The van der Waals surface area contributed by atoms with Crippen molar-refractivity contribution in [3.8, 4) is 0 Å². The molecular formula is C19H26N4O3. The van der Waals surface area contributed by atoms with Crippen molar-refractivity contribution in [2.24, 2.45) is 5.92 Å². The second kappa shape index (κ2) is 8.05. The van der Waals surface area contributed by atoms with Crippen LogP contribution in [0.2, 0.25) is 0 Å². The van der Waals surface area contributed by atoms with Crippen LogP contribution in [0.1, 0.15) is 29.0 Å². The first-order valence-corrected chi connectivity index (χ1v) is 9.40. The maximum Gasteiger partial charge on any atom is 0.257 e. The molecule has 1 amide bonds. The molecule has 26 heavy (non-hydrogen) atoms. The van der Waals surface area contributed by atoms with E-state index in [0.717, 1.165) is 71.1 Å². The van der Waals surface area contributed by atoms with Crippen molar-refractivity contribution in [3.63, 3.8) is 0 Å². The van der Waals surface area contributed by atoms with Crippen molar-refractivity contribution in [2.45, 2.75) is 25.9 Å². The summed E-state index contributed by atoms with van der Waals surface area (Å²) in [6.45, 7) is 6.61. The fraction of sp³-hybridized carbons (Fsp3) is 0.579. The van der Waals surface area contributed by atoms with Gasteiger partial charge in [-0.15, -0.1) is 0 Å². The number of amides is 1. The molecule has 0 radical (unpaired) electrons. The van der Waals surface area contributed by atoms with E-state index >= 15 is 0 Å². The largest absolute Gasteiger partial charge is 0.467 e. The molecule has 2 aromatic heterocycles. The smallest absolute Gasteiger partial charge is 0.257 e. The third-order valence-electron chi connectivity index (χ3n) is 5.22. The Hall–Kier alpha value is -2.12. The molecule has 2 aliphatic rings. The van der Waals surface area contributed by atoms with E-state index in [0.29, 0.717) is 11.5 Å². The number of piperidine rings is 1. The molecule has 0 saturated carbocycles. The van der Waals surface area contributed by atoms with Crippen molar-refractivity contribution < 1.29 is 13.9 Å². The predicted molar refractivity (Wildman–Crippen MR) is 95.7 cm³/mol. The van der Waals surface area contributed by atoms with Gasteiger partial charge in [0.05, 0.1) is 31.6 Å². The molecule has 1 atom stereocenters. The monoisotopic (exact) mass is 358 g/mol. The fourth-order valence-corrected chi connectivity index (χ4v) is 3.83. The molecule has 2 saturated heterocycles. The van der Waals surface area contributed by atoms with Gasteiger partial charge in [0.1, 0.15) is 12.0 Å². The lowest BCUT2D eigenvalue weighted by molar-refractivity contribution is 0.0313. The summed E-state index contributed by atoms with van der Waals surface area (Å²) in [6, 6.07) is 1.90. The minimum Gasteiger partial charge on any atom is -0.467 e. The van der Waals surface area contributed by atoms with Crippen LogP contribution in [0.15, 0.2) is 35.5 Å². The molecule has 0 bridgehead atoms. The Kier molecular flexibility index (Phi) is 5.36. The highest BCUT2D eigenvalue weighted by atomic mass is 16.5. The van der Waals surface area contributed by atoms with Gasteiger partial charge in [-0.05, 0) is 24.8 Å². The summed E-state index contributed by atoms with van der Waals surface area (Å²) in [6.07, 6.45) is 9.42. The van der Waals surface area contributed by atoms with Crippen LogP contribution in [0.4, 0.5) is 0 Å². The van der Waals surface area contributed by atoms with Gasteiger partial charge < -0.3 is 18.6 Å². The Bertz CT molecular complexity index is 706. The second-order valence-electron chi connectivity index (χ2n) is 7.21. The van der Waals surface area contributed by atoms with Gasteiger partial charge in [0.25, 0.3) is 5.91 Å². The molecule has 2 aliphatic heterocycles. The van der Waals surface area contributed by atoms with E-state index in [1.54, 1.807) is 12.5 Å². The fourth-order valence-electron chi connectivity index (χ4n) is 3.83. The number of aromatic nitrogens is 2. The average molecular weight is 358 g/mol. The lowest BCUT2D eigenvalue weighted by Gasteiger charge is -2.32. The maximum atomic E-state index is 12.9. The summed E-state index contributed by atoms with van der Waals surface area (Å²) < 4.78 is 13.1. The van der Waals surface area contributed by atoms with Crippen molar-refractivity contribution in [1.29, 1.82) is 0 Å². The normalized spacial score (nSPS) is 21.8. The quantitative estimate of drug-likeness (QED) is 0.816. The SMILES string of the molecule is O=C(c1coc(CN2CCOCC2)c1)N1CCCC(Cn2ccnc2)C1. The van der Waals surface area contributed by atoms with Crippen LogP contribution in [0.3, 0.4) is 0 Å². The number of morpholine rings is 1. The molecule has 2 fully saturated rings. The Morgan fingerprint density at radius 1 is 1.27 bits per heavy atom. The Morgan fingerprint density at radius 3 is 2.96 bits per heavy atom.